The maximum absolute atomic E-state index is 2.38. The van der Waals surface area contributed by atoms with Crippen LogP contribution in [0.4, 0.5) is 0 Å². The van der Waals surface area contributed by atoms with E-state index < -0.39 is 0 Å². The molecule has 0 atom stereocenters. The molecule has 0 fully saturated rings. The van der Waals surface area contributed by atoms with E-state index in [1.807, 2.05) is 3.28 Å². The Morgan fingerprint density at radius 3 is 2.65 bits per heavy atom. The molecule has 2 rings (SSSR count). The number of hydrogen-bond acceptors (Lipinski definition) is 0. The summed E-state index contributed by atoms with van der Waals surface area (Å²) in [7, 11) is 0. The number of allylic oxidation sites excluding steroid dienone is 8. The van der Waals surface area contributed by atoms with Gasteiger partial charge in [-0.2, -0.15) is 0 Å². The molecule has 17 heavy (non-hydrogen) atoms. The monoisotopic (exact) mass is 346 g/mol. The maximum atomic E-state index is 2.38. The van der Waals surface area contributed by atoms with Crippen LogP contribution in [0.25, 0.3) is 0 Å². The van der Waals surface area contributed by atoms with Crippen LogP contribution in [-0.4, -0.2) is 0 Å². The molecule has 0 N–H and O–H groups in total. The number of hydrogen-bond donors (Lipinski definition) is 0. The Hall–Kier alpha value is 0.423. The third-order valence-electron chi connectivity index (χ3n) is 2.91. The number of unbranched alkanes of at least 4 members (excludes halogenated alkanes) is 1. The molecule has 0 bridgehead atoms. The molecule has 0 nitrogen and oxygen atoms in total. The van der Waals surface area contributed by atoms with Crippen LogP contribution in [0.5, 0.6) is 0 Å². The number of halogens is 2. The molecular formula is C14H18Cl2Zr. The van der Waals surface area contributed by atoms with Crippen molar-refractivity contribution in [2.75, 3.05) is 0 Å². The van der Waals surface area contributed by atoms with Gasteiger partial charge in [-0.3, -0.25) is 0 Å². The Labute approximate surface area is 129 Å². The largest absolute Gasteiger partial charge is 1.00 e. The quantitative estimate of drug-likeness (QED) is 0.557. The summed E-state index contributed by atoms with van der Waals surface area (Å²) in [6.45, 7) is 2.28. The number of rotatable bonds is 5. The van der Waals surface area contributed by atoms with E-state index in [2.05, 4.69) is 37.3 Å². The Morgan fingerprint density at radius 2 is 2.00 bits per heavy atom. The van der Waals surface area contributed by atoms with Crippen LogP contribution in [0.1, 0.15) is 39.0 Å². The molecule has 3 heteroatoms. The molecule has 0 aromatic rings. The van der Waals surface area contributed by atoms with Crippen LogP contribution < -0.4 is 24.8 Å². The average molecular weight is 348 g/mol. The van der Waals surface area contributed by atoms with Gasteiger partial charge in [-0.1, -0.05) is 0 Å². The molecule has 92 valence electrons. The van der Waals surface area contributed by atoms with E-state index in [1.165, 1.54) is 32.1 Å². The first-order valence-corrected chi connectivity index (χ1v) is 8.37. The summed E-state index contributed by atoms with van der Waals surface area (Å²) in [4.78, 5) is 0. The van der Waals surface area contributed by atoms with E-state index in [4.69, 9.17) is 0 Å². The molecule has 0 aliphatic heterocycles. The van der Waals surface area contributed by atoms with Crippen LogP contribution in [-0.2, 0) is 23.2 Å². The molecule has 0 unspecified atom stereocenters. The molecule has 0 heterocycles. The minimum Gasteiger partial charge on any atom is -1.00 e. The first-order chi connectivity index (χ1) is 7.40. The minimum atomic E-state index is -0.387. The predicted molar refractivity (Wildman–Crippen MR) is 62.1 cm³/mol. The summed E-state index contributed by atoms with van der Waals surface area (Å²) in [6, 6.07) is 0. The Balaban J connectivity index is 0.00000128. The van der Waals surface area contributed by atoms with Gasteiger partial charge in [0.05, 0.1) is 0 Å². The SMILES string of the molecule is CCCCC1=[C]([Zr+2][C]2=CC=CC2)CC=C1.[Cl-].[Cl-]. The van der Waals surface area contributed by atoms with Crippen molar-refractivity contribution in [2.45, 2.75) is 39.0 Å². The third-order valence-corrected chi connectivity index (χ3v) is 6.64. The fourth-order valence-electron chi connectivity index (χ4n) is 2.02. The standard InChI is InChI=1S/C9H13.C5H5.2ClH.Zr/c1-2-3-6-9-7-4-5-8-9;1-2-4-5-3-1;;;/h4,7H,2-3,5-6H2,1H3;1-3H,4H2;2*1H;/q;;;;+2/p-2. The van der Waals surface area contributed by atoms with Gasteiger partial charge in [-0.15, -0.1) is 0 Å². The molecular weight excluding hydrogens is 330 g/mol. The van der Waals surface area contributed by atoms with Crippen LogP contribution in [0.3, 0.4) is 0 Å². The minimum absolute atomic E-state index is 0. The zero-order valence-electron chi connectivity index (χ0n) is 10.2. The second kappa shape index (κ2) is 9.37. The van der Waals surface area contributed by atoms with Gasteiger partial charge >= 0.3 is 105 Å². The molecule has 0 saturated carbocycles. The van der Waals surface area contributed by atoms with Crippen molar-refractivity contribution in [1.82, 2.24) is 0 Å². The van der Waals surface area contributed by atoms with E-state index in [0.29, 0.717) is 0 Å². The molecule has 0 aromatic heterocycles. The molecule has 0 aromatic carbocycles. The van der Waals surface area contributed by atoms with Crippen LogP contribution >= 0.6 is 0 Å². The Bertz CT molecular complexity index is 351. The summed E-state index contributed by atoms with van der Waals surface area (Å²) < 4.78 is 3.59. The van der Waals surface area contributed by atoms with Crippen molar-refractivity contribution >= 4 is 0 Å². The van der Waals surface area contributed by atoms with E-state index in [9.17, 15) is 0 Å². The summed E-state index contributed by atoms with van der Waals surface area (Å²) >= 11 is -0.387. The summed E-state index contributed by atoms with van der Waals surface area (Å²) in [5, 5.41) is 0. The molecule has 0 saturated heterocycles. The molecule has 2 aliphatic rings. The molecule has 0 spiro atoms. The van der Waals surface area contributed by atoms with Crippen molar-refractivity contribution in [3.05, 3.63) is 42.5 Å². The van der Waals surface area contributed by atoms with Gasteiger partial charge in [-0.05, 0) is 0 Å². The van der Waals surface area contributed by atoms with Crippen molar-refractivity contribution in [3.63, 3.8) is 0 Å². The third kappa shape index (κ3) is 5.29. The normalized spacial score (nSPS) is 16.4. The second-order valence-electron chi connectivity index (χ2n) is 4.16. The first kappa shape index (κ1) is 17.4. The average Bonchev–Trinajstić information content (AvgIpc) is 2.87. The van der Waals surface area contributed by atoms with Crippen molar-refractivity contribution in [1.29, 1.82) is 0 Å². The van der Waals surface area contributed by atoms with Crippen LogP contribution in [0.2, 0.25) is 0 Å². The predicted octanol–water partition coefficient (Wildman–Crippen LogP) is -1.68. The van der Waals surface area contributed by atoms with E-state index in [0.717, 1.165) is 0 Å². The van der Waals surface area contributed by atoms with Gasteiger partial charge in [0.25, 0.3) is 0 Å². The Morgan fingerprint density at radius 1 is 1.18 bits per heavy atom. The smallest absolute Gasteiger partial charge is 1.00 e. The summed E-state index contributed by atoms with van der Waals surface area (Å²) in [5.41, 5.74) is 1.69. The van der Waals surface area contributed by atoms with Crippen molar-refractivity contribution < 1.29 is 48.0 Å². The van der Waals surface area contributed by atoms with Gasteiger partial charge in [0.15, 0.2) is 0 Å². The summed E-state index contributed by atoms with van der Waals surface area (Å²) in [6.07, 6.45) is 18.1. The molecule has 0 radical (unpaired) electrons. The topological polar surface area (TPSA) is 0 Å². The van der Waals surface area contributed by atoms with E-state index >= 15 is 0 Å². The zero-order chi connectivity index (χ0) is 10.5. The second-order valence-corrected chi connectivity index (χ2v) is 7.84. The fraction of sp³-hybridized carbons (Fsp3) is 0.429. The van der Waals surface area contributed by atoms with Gasteiger partial charge < -0.3 is 24.8 Å². The van der Waals surface area contributed by atoms with E-state index in [1.54, 1.807) is 8.85 Å². The molecule has 0 amide bonds. The zero-order valence-corrected chi connectivity index (χ0v) is 14.1. The van der Waals surface area contributed by atoms with E-state index in [-0.39, 0.29) is 48.0 Å². The van der Waals surface area contributed by atoms with Crippen LogP contribution in [0, 0.1) is 0 Å². The molecule has 2 aliphatic carbocycles. The van der Waals surface area contributed by atoms with Crippen LogP contribution in [0.15, 0.2) is 42.5 Å². The summed E-state index contributed by atoms with van der Waals surface area (Å²) in [5.74, 6) is 0. The van der Waals surface area contributed by atoms with Gasteiger partial charge in [-0.25, -0.2) is 0 Å². The first-order valence-electron chi connectivity index (χ1n) is 5.91. The van der Waals surface area contributed by atoms with Gasteiger partial charge in [0, 0.05) is 0 Å². The van der Waals surface area contributed by atoms with Crippen molar-refractivity contribution in [3.8, 4) is 0 Å². The Kier molecular flexibility index (Phi) is 9.60. The fourth-order valence-corrected chi connectivity index (χ4v) is 5.40. The van der Waals surface area contributed by atoms with Gasteiger partial charge in [0.1, 0.15) is 0 Å². The maximum Gasteiger partial charge on any atom is -1.00 e. The van der Waals surface area contributed by atoms with Crippen molar-refractivity contribution in [2.24, 2.45) is 0 Å². The van der Waals surface area contributed by atoms with Gasteiger partial charge in [0.2, 0.25) is 0 Å².